The van der Waals surface area contributed by atoms with Gasteiger partial charge in [-0.3, -0.25) is 4.79 Å². The maximum absolute atomic E-state index is 12.6. The zero-order chi connectivity index (χ0) is 16.4. The van der Waals surface area contributed by atoms with Gasteiger partial charge >= 0.3 is 0 Å². The fraction of sp³-hybridized carbons (Fsp3) is 0.250. The molecule has 0 amide bonds. The third-order valence-corrected chi connectivity index (χ3v) is 4.13. The van der Waals surface area contributed by atoms with Crippen molar-refractivity contribution in [3.05, 3.63) is 65.4 Å². The van der Waals surface area contributed by atoms with Crippen molar-refractivity contribution >= 4 is 16.7 Å². The van der Waals surface area contributed by atoms with Gasteiger partial charge in [-0.25, -0.2) is 0 Å². The molecule has 23 heavy (non-hydrogen) atoms. The van der Waals surface area contributed by atoms with Gasteiger partial charge in [0.2, 0.25) is 5.78 Å². The van der Waals surface area contributed by atoms with Crippen molar-refractivity contribution in [2.24, 2.45) is 0 Å². The van der Waals surface area contributed by atoms with Crippen molar-refractivity contribution in [1.82, 2.24) is 4.57 Å². The van der Waals surface area contributed by atoms with Crippen molar-refractivity contribution in [3.63, 3.8) is 0 Å². The number of ketones is 1. The largest absolute Gasteiger partial charge is 0.485 e. The molecule has 3 nitrogen and oxygen atoms in total. The second kappa shape index (κ2) is 6.29. The Labute approximate surface area is 136 Å². The molecule has 0 radical (unpaired) electrons. The maximum atomic E-state index is 12.6. The molecule has 0 fully saturated rings. The number of carbonyl (C=O) groups is 1. The molecule has 3 heteroatoms. The Kier molecular flexibility index (Phi) is 4.20. The maximum Gasteiger partial charge on any atom is 0.202 e. The number of benzene rings is 2. The standard InChI is InChI=1S/C20H21NO2/c1-4-21-12-17(16-7-5-6-8-18(16)21)19(22)13-23-20-11-14(2)9-10-15(20)3/h5-12H,4,13H2,1-3H3. The molecular weight excluding hydrogens is 286 g/mol. The highest BCUT2D eigenvalue weighted by Gasteiger charge is 2.15. The monoisotopic (exact) mass is 307 g/mol. The van der Waals surface area contributed by atoms with Crippen LogP contribution in [0.3, 0.4) is 0 Å². The number of hydrogen-bond acceptors (Lipinski definition) is 2. The predicted molar refractivity (Wildman–Crippen MR) is 93.4 cm³/mol. The van der Waals surface area contributed by atoms with Crippen LogP contribution in [0.25, 0.3) is 10.9 Å². The molecule has 2 aromatic carbocycles. The topological polar surface area (TPSA) is 31.2 Å². The van der Waals surface area contributed by atoms with E-state index in [2.05, 4.69) is 11.5 Å². The second-order valence-corrected chi connectivity index (χ2v) is 5.83. The van der Waals surface area contributed by atoms with E-state index < -0.39 is 0 Å². The summed E-state index contributed by atoms with van der Waals surface area (Å²) >= 11 is 0. The SMILES string of the molecule is CCn1cc(C(=O)COc2cc(C)ccc2C)c2ccccc21. The number of hydrogen-bond donors (Lipinski definition) is 0. The summed E-state index contributed by atoms with van der Waals surface area (Å²) in [7, 11) is 0. The first-order valence-corrected chi connectivity index (χ1v) is 7.91. The Morgan fingerprint density at radius 3 is 2.70 bits per heavy atom. The van der Waals surface area contributed by atoms with E-state index in [1.807, 2.05) is 62.5 Å². The van der Waals surface area contributed by atoms with E-state index in [1.165, 1.54) is 0 Å². The molecule has 0 aliphatic heterocycles. The lowest BCUT2D eigenvalue weighted by Crippen LogP contribution is -2.12. The number of para-hydroxylation sites is 1. The smallest absolute Gasteiger partial charge is 0.202 e. The number of Topliss-reactive ketones (excluding diaryl/α,β-unsaturated/α-hetero) is 1. The van der Waals surface area contributed by atoms with Crippen LogP contribution in [0.2, 0.25) is 0 Å². The molecule has 3 aromatic rings. The van der Waals surface area contributed by atoms with E-state index >= 15 is 0 Å². The van der Waals surface area contributed by atoms with Gasteiger partial charge in [0.1, 0.15) is 5.75 Å². The Balaban J connectivity index is 1.85. The zero-order valence-corrected chi connectivity index (χ0v) is 13.8. The highest BCUT2D eigenvalue weighted by molar-refractivity contribution is 6.08. The fourth-order valence-corrected chi connectivity index (χ4v) is 2.81. The highest BCUT2D eigenvalue weighted by atomic mass is 16.5. The summed E-state index contributed by atoms with van der Waals surface area (Å²) in [6.45, 7) is 6.98. The minimum Gasteiger partial charge on any atom is -0.485 e. The number of rotatable bonds is 5. The van der Waals surface area contributed by atoms with Crippen molar-refractivity contribution in [2.75, 3.05) is 6.61 Å². The molecule has 0 spiro atoms. The van der Waals surface area contributed by atoms with E-state index in [1.54, 1.807) is 0 Å². The molecule has 0 N–H and O–H groups in total. The molecule has 0 unspecified atom stereocenters. The van der Waals surface area contributed by atoms with Crippen LogP contribution < -0.4 is 4.74 Å². The molecule has 1 heterocycles. The molecule has 0 atom stereocenters. The lowest BCUT2D eigenvalue weighted by molar-refractivity contribution is 0.0922. The molecule has 0 saturated carbocycles. The Hall–Kier alpha value is -2.55. The molecule has 118 valence electrons. The second-order valence-electron chi connectivity index (χ2n) is 5.83. The summed E-state index contributed by atoms with van der Waals surface area (Å²) in [5.74, 6) is 0.784. The molecule has 0 saturated heterocycles. The van der Waals surface area contributed by atoms with Crippen LogP contribution in [-0.4, -0.2) is 17.0 Å². The average Bonchev–Trinajstić information content (AvgIpc) is 2.94. The van der Waals surface area contributed by atoms with Crippen LogP contribution in [0, 0.1) is 13.8 Å². The minimum atomic E-state index is 0.00862. The van der Waals surface area contributed by atoms with E-state index in [9.17, 15) is 4.79 Å². The van der Waals surface area contributed by atoms with Gasteiger partial charge in [-0.05, 0) is 44.0 Å². The van der Waals surface area contributed by atoms with Crippen LogP contribution in [0.1, 0.15) is 28.4 Å². The number of carbonyl (C=O) groups excluding carboxylic acids is 1. The first kappa shape index (κ1) is 15.3. The lowest BCUT2D eigenvalue weighted by atomic mass is 10.1. The normalized spacial score (nSPS) is 10.9. The van der Waals surface area contributed by atoms with Crippen LogP contribution >= 0.6 is 0 Å². The summed E-state index contributed by atoms with van der Waals surface area (Å²) in [6.07, 6.45) is 1.93. The molecular formula is C20H21NO2. The Morgan fingerprint density at radius 2 is 1.91 bits per heavy atom. The van der Waals surface area contributed by atoms with Crippen LogP contribution in [-0.2, 0) is 6.54 Å². The first-order chi connectivity index (χ1) is 11.1. The van der Waals surface area contributed by atoms with E-state index in [0.717, 1.165) is 39.9 Å². The summed E-state index contributed by atoms with van der Waals surface area (Å²) in [6, 6.07) is 14.0. The van der Waals surface area contributed by atoms with Gasteiger partial charge in [0.05, 0.1) is 0 Å². The van der Waals surface area contributed by atoms with Crippen molar-refractivity contribution in [2.45, 2.75) is 27.3 Å². The number of nitrogens with zero attached hydrogens (tertiary/aromatic N) is 1. The summed E-state index contributed by atoms with van der Waals surface area (Å²) < 4.78 is 7.86. The van der Waals surface area contributed by atoms with E-state index in [-0.39, 0.29) is 12.4 Å². The molecule has 0 bridgehead atoms. The van der Waals surface area contributed by atoms with E-state index in [4.69, 9.17) is 4.74 Å². The Morgan fingerprint density at radius 1 is 1.13 bits per heavy atom. The van der Waals surface area contributed by atoms with Gasteiger partial charge in [0.15, 0.2) is 6.61 Å². The molecule has 0 aliphatic carbocycles. The van der Waals surface area contributed by atoms with Crippen LogP contribution in [0.4, 0.5) is 0 Å². The third-order valence-electron chi connectivity index (χ3n) is 4.13. The van der Waals surface area contributed by atoms with Gasteiger partial charge in [-0.2, -0.15) is 0 Å². The molecule has 3 rings (SSSR count). The van der Waals surface area contributed by atoms with Crippen LogP contribution in [0.15, 0.2) is 48.7 Å². The van der Waals surface area contributed by atoms with Gasteiger partial charge < -0.3 is 9.30 Å². The summed E-state index contributed by atoms with van der Waals surface area (Å²) in [4.78, 5) is 12.6. The molecule has 1 aromatic heterocycles. The summed E-state index contributed by atoms with van der Waals surface area (Å²) in [5.41, 5.74) is 3.98. The number of fused-ring (bicyclic) bond motifs is 1. The van der Waals surface area contributed by atoms with Gasteiger partial charge in [-0.15, -0.1) is 0 Å². The van der Waals surface area contributed by atoms with Crippen molar-refractivity contribution in [1.29, 1.82) is 0 Å². The quantitative estimate of drug-likeness (QED) is 0.648. The van der Waals surface area contributed by atoms with Crippen molar-refractivity contribution in [3.8, 4) is 5.75 Å². The fourth-order valence-electron chi connectivity index (χ4n) is 2.81. The zero-order valence-electron chi connectivity index (χ0n) is 13.8. The van der Waals surface area contributed by atoms with E-state index in [0.29, 0.717) is 0 Å². The number of ether oxygens (including phenoxy) is 1. The van der Waals surface area contributed by atoms with Gasteiger partial charge in [0.25, 0.3) is 0 Å². The summed E-state index contributed by atoms with van der Waals surface area (Å²) in [5, 5.41) is 0.990. The number of aryl methyl sites for hydroxylation is 3. The van der Waals surface area contributed by atoms with Gasteiger partial charge in [0, 0.05) is 29.2 Å². The first-order valence-electron chi connectivity index (χ1n) is 7.91. The highest BCUT2D eigenvalue weighted by Crippen LogP contribution is 2.23. The Bertz CT molecular complexity index is 861. The minimum absolute atomic E-state index is 0.00862. The van der Waals surface area contributed by atoms with Crippen molar-refractivity contribution < 1.29 is 9.53 Å². The average molecular weight is 307 g/mol. The predicted octanol–water partition coefficient (Wildman–Crippen LogP) is 4.54. The number of aromatic nitrogens is 1. The lowest BCUT2D eigenvalue weighted by Gasteiger charge is -2.09. The van der Waals surface area contributed by atoms with Crippen LogP contribution in [0.5, 0.6) is 5.75 Å². The van der Waals surface area contributed by atoms with Gasteiger partial charge in [-0.1, -0.05) is 30.3 Å². The third kappa shape index (κ3) is 3.00. The molecule has 0 aliphatic rings.